The Hall–Kier alpha value is -2.44. The highest BCUT2D eigenvalue weighted by Crippen LogP contribution is 2.18. The van der Waals surface area contributed by atoms with Gasteiger partial charge in [-0.2, -0.15) is 0 Å². The number of rotatable bonds is 67. The summed E-state index contributed by atoms with van der Waals surface area (Å²) in [6.07, 6.45) is 93.3. The molecule has 2 unspecified atom stereocenters. The van der Waals surface area contributed by atoms with Crippen LogP contribution in [0.2, 0.25) is 0 Å². The fourth-order valence-corrected chi connectivity index (χ4v) is 11.0. The van der Waals surface area contributed by atoms with Gasteiger partial charge in [0.15, 0.2) is 0 Å². The number of hydrogen-bond acceptors (Lipinski definition) is 5. The first-order valence-electron chi connectivity index (χ1n) is 36.1. The van der Waals surface area contributed by atoms with Crippen molar-refractivity contribution in [3.05, 3.63) is 60.8 Å². The summed E-state index contributed by atoms with van der Waals surface area (Å²) < 4.78 is 5.48. The number of aliphatic hydroxyl groups is 2. The van der Waals surface area contributed by atoms with E-state index in [9.17, 15) is 19.8 Å². The number of carbonyl (C=O) groups excluding carboxylic acids is 2. The van der Waals surface area contributed by atoms with Crippen LogP contribution in [0.1, 0.15) is 380 Å². The van der Waals surface area contributed by atoms with Gasteiger partial charge in [0.05, 0.1) is 25.4 Å². The Morgan fingerprint density at radius 1 is 0.346 bits per heavy atom. The average Bonchev–Trinajstić information content (AvgIpc) is 3.47. The minimum absolute atomic E-state index is 0.00519. The van der Waals surface area contributed by atoms with Gasteiger partial charge in [0.1, 0.15) is 0 Å². The molecule has 0 saturated carbocycles. The molecule has 0 fully saturated rings. The molecule has 6 nitrogen and oxygen atoms in total. The third-order valence-corrected chi connectivity index (χ3v) is 16.5. The van der Waals surface area contributed by atoms with E-state index in [0.29, 0.717) is 19.4 Å². The number of unbranched alkanes of at least 4 members (excludes halogenated alkanes) is 48. The van der Waals surface area contributed by atoms with E-state index in [0.717, 1.165) is 57.8 Å². The van der Waals surface area contributed by atoms with E-state index in [4.69, 9.17) is 4.74 Å². The molecule has 1 amide bonds. The molecule has 474 valence electrons. The number of nitrogens with one attached hydrogen (secondary N) is 1. The van der Waals surface area contributed by atoms with Gasteiger partial charge in [0.2, 0.25) is 5.91 Å². The van der Waals surface area contributed by atoms with Gasteiger partial charge < -0.3 is 20.3 Å². The van der Waals surface area contributed by atoms with Crippen LogP contribution in [0.25, 0.3) is 0 Å². The van der Waals surface area contributed by atoms with Crippen molar-refractivity contribution in [2.75, 3.05) is 13.2 Å². The fourth-order valence-electron chi connectivity index (χ4n) is 11.0. The molecule has 0 aromatic carbocycles. The molecule has 0 saturated heterocycles. The van der Waals surface area contributed by atoms with Gasteiger partial charge in [0.25, 0.3) is 0 Å². The zero-order valence-electron chi connectivity index (χ0n) is 54.3. The van der Waals surface area contributed by atoms with Crippen molar-refractivity contribution in [1.82, 2.24) is 5.32 Å². The third kappa shape index (κ3) is 66.6. The monoisotopic (exact) mass is 1130 g/mol. The first-order chi connectivity index (χ1) is 40.0. The van der Waals surface area contributed by atoms with Crippen LogP contribution < -0.4 is 5.32 Å². The Morgan fingerprint density at radius 2 is 0.630 bits per heavy atom. The van der Waals surface area contributed by atoms with Crippen LogP contribution in [0.4, 0.5) is 0 Å². The van der Waals surface area contributed by atoms with Crippen molar-refractivity contribution in [3.63, 3.8) is 0 Å². The molecule has 0 aromatic heterocycles. The van der Waals surface area contributed by atoms with E-state index in [2.05, 4.69) is 67.8 Å². The second-order valence-electron chi connectivity index (χ2n) is 24.6. The lowest BCUT2D eigenvalue weighted by atomic mass is 10.0. The topological polar surface area (TPSA) is 95.9 Å². The molecule has 0 heterocycles. The first-order valence-corrected chi connectivity index (χ1v) is 36.1. The summed E-state index contributed by atoms with van der Waals surface area (Å²) in [5.74, 6) is -0.0602. The Labute approximate surface area is 505 Å². The maximum absolute atomic E-state index is 12.4. The lowest BCUT2D eigenvalue weighted by Gasteiger charge is -2.20. The van der Waals surface area contributed by atoms with Crippen molar-refractivity contribution in [1.29, 1.82) is 0 Å². The van der Waals surface area contributed by atoms with E-state index in [-0.39, 0.29) is 18.5 Å². The van der Waals surface area contributed by atoms with E-state index in [1.807, 2.05) is 6.08 Å². The maximum Gasteiger partial charge on any atom is 0.305 e. The van der Waals surface area contributed by atoms with Gasteiger partial charge in [-0.05, 0) is 89.9 Å². The number of carbonyl (C=O) groups is 2. The van der Waals surface area contributed by atoms with Gasteiger partial charge in [-0.25, -0.2) is 0 Å². The molecule has 81 heavy (non-hydrogen) atoms. The van der Waals surface area contributed by atoms with E-state index in [1.54, 1.807) is 6.08 Å². The quantitative estimate of drug-likeness (QED) is 0.0320. The largest absolute Gasteiger partial charge is 0.466 e. The second kappa shape index (κ2) is 70.0. The van der Waals surface area contributed by atoms with E-state index in [1.165, 1.54) is 295 Å². The Balaban J connectivity index is 3.35. The molecule has 0 aliphatic carbocycles. The van der Waals surface area contributed by atoms with Crippen LogP contribution in [0.3, 0.4) is 0 Å². The summed E-state index contributed by atoms with van der Waals surface area (Å²) >= 11 is 0. The number of amides is 1. The number of esters is 1. The highest BCUT2D eigenvalue weighted by molar-refractivity contribution is 5.76. The summed E-state index contributed by atoms with van der Waals surface area (Å²) in [7, 11) is 0. The number of ether oxygens (including phenoxy) is 1. The zero-order valence-corrected chi connectivity index (χ0v) is 54.3. The van der Waals surface area contributed by atoms with Gasteiger partial charge in [0, 0.05) is 12.8 Å². The molecule has 3 N–H and O–H groups in total. The summed E-state index contributed by atoms with van der Waals surface area (Å²) in [4.78, 5) is 24.5. The van der Waals surface area contributed by atoms with Gasteiger partial charge in [-0.1, -0.05) is 338 Å². The molecule has 0 rings (SSSR count). The average molecular weight is 1130 g/mol. The predicted molar refractivity (Wildman–Crippen MR) is 356 cm³/mol. The van der Waals surface area contributed by atoms with Crippen molar-refractivity contribution in [3.8, 4) is 0 Å². The summed E-state index contributed by atoms with van der Waals surface area (Å²) in [6.45, 7) is 4.86. The SMILES string of the molecule is CCCC/C=C\C/C=C\CCCCCCCC(=O)OCCCCCCCCCCCCCCCCC/C=C\C/C=C\CCCCCCCCCCCCCCCCCCCC(=O)NC(CO)C(O)/C=C/CCCCCCCCCCC. The molecular formula is C75H139NO5. The smallest absolute Gasteiger partial charge is 0.305 e. The molecule has 0 aliphatic rings. The highest BCUT2D eigenvalue weighted by Gasteiger charge is 2.18. The maximum atomic E-state index is 12.4. The minimum atomic E-state index is -0.841. The lowest BCUT2D eigenvalue weighted by molar-refractivity contribution is -0.143. The zero-order chi connectivity index (χ0) is 58.5. The molecule has 6 heteroatoms. The van der Waals surface area contributed by atoms with Gasteiger partial charge >= 0.3 is 5.97 Å². The van der Waals surface area contributed by atoms with Crippen LogP contribution in [0, 0.1) is 0 Å². The molecule has 0 radical (unpaired) electrons. The minimum Gasteiger partial charge on any atom is -0.466 e. The summed E-state index contributed by atoms with van der Waals surface area (Å²) in [5, 5.41) is 23.1. The Morgan fingerprint density at radius 3 is 0.975 bits per heavy atom. The van der Waals surface area contributed by atoms with Crippen molar-refractivity contribution < 1.29 is 24.5 Å². The first kappa shape index (κ1) is 78.6. The molecule has 0 aromatic rings. The fraction of sp³-hybridized carbons (Fsp3) is 0.840. The molecule has 0 bridgehead atoms. The van der Waals surface area contributed by atoms with Crippen LogP contribution in [-0.4, -0.2) is 47.4 Å². The predicted octanol–water partition coefficient (Wildman–Crippen LogP) is 23.4. The molecule has 0 aliphatic heterocycles. The van der Waals surface area contributed by atoms with Crippen LogP contribution >= 0.6 is 0 Å². The lowest BCUT2D eigenvalue weighted by Crippen LogP contribution is -2.45. The van der Waals surface area contributed by atoms with Crippen LogP contribution in [0.5, 0.6) is 0 Å². The highest BCUT2D eigenvalue weighted by atomic mass is 16.5. The van der Waals surface area contributed by atoms with Crippen molar-refractivity contribution in [2.45, 2.75) is 392 Å². The van der Waals surface area contributed by atoms with Gasteiger partial charge in [-0.15, -0.1) is 0 Å². The van der Waals surface area contributed by atoms with E-state index < -0.39 is 12.1 Å². The van der Waals surface area contributed by atoms with Crippen LogP contribution in [-0.2, 0) is 14.3 Å². The normalized spacial score (nSPS) is 12.9. The summed E-state index contributed by atoms with van der Waals surface area (Å²) in [5.41, 5.74) is 0. The molecule has 2 atom stereocenters. The van der Waals surface area contributed by atoms with Gasteiger partial charge in [-0.3, -0.25) is 9.59 Å². The van der Waals surface area contributed by atoms with E-state index >= 15 is 0 Å². The number of hydrogen-bond donors (Lipinski definition) is 3. The van der Waals surface area contributed by atoms with Crippen molar-refractivity contribution >= 4 is 11.9 Å². The summed E-state index contributed by atoms with van der Waals surface area (Å²) in [6, 6.07) is -0.625. The standard InChI is InChI=1S/C75H139NO5/c1-3-5-7-9-11-13-15-16-45-49-53-57-61-65-69-75(80)81-70-66-62-58-54-50-46-43-41-39-37-35-33-31-29-27-25-23-21-19-17-18-20-22-24-26-28-30-32-34-36-38-40-42-44-48-52-56-60-64-68-74(79)76-72(71-77)73(78)67-63-59-55-51-47-14-12-10-8-6-4-2/h9,11,15-18,21,23,63,67,72-73,77-78H,3-8,10,12-14,19-20,22,24-62,64-66,68-71H2,1-2H3,(H,76,79)/b11-9-,16-15-,18-17-,23-21-,67-63+. The molecular weight excluding hydrogens is 995 g/mol. The van der Waals surface area contributed by atoms with Crippen LogP contribution in [0.15, 0.2) is 60.8 Å². The van der Waals surface area contributed by atoms with Crippen molar-refractivity contribution in [2.24, 2.45) is 0 Å². The Bertz CT molecular complexity index is 1400. The third-order valence-electron chi connectivity index (χ3n) is 16.5. The Kier molecular flexibility index (Phi) is 67.9. The molecule has 0 spiro atoms. The second-order valence-corrected chi connectivity index (χ2v) is 24.6. The number of aliphatic hydroxyl groups excluding tert-OH is 2. The number of allylic oxidation sites excluding steroid dienone is 9.